The predicted octanol–water partition coefficient (Wildman–Crippen LogP) is 4.36. The van der Waals surface area contributed by atoms with Crippen LogP contribution in [0.1, 0.15) is 30.0 Å². The van der Waals surface area contributed by atoms with Gasteiger partial charge < -0.3 is 15.4 Å². The molecule has 1 aliphatic heterocycles. The summed E-state index contributed by atoms with van der Waals surface area (Å²) >= 11 is 0. The number of hydrogen-bond donors (Lipinski definition) is 2. The number of fused-ring (bicyclic) bond motifs is 1. The Labute approximate surface area is 207 Å². The van der Waals surface area contributed by atoms with Gasteiger partial charge >= 0.3 is 0 Å². The Morgan fingerprint density at radius 3 is 2.69 bits per heavy atom. The molecule has 4 rings (SSSR count). The quantitative estimate of drug-likeness (QED) is 0.263. The molecule has 0 saturated carbocycles. The molecule has 1 saturated heterocycles. The summed E-state index contributed by atoms with van der Waals surface area (Å²) in [7, 11) is 3.53. The van der Waals surface area contributed by atoms with Crippen molar-refractivity contribution in [3.8, 4) is 5.75 Å². The maximum atomic E-state index is 5.46. The second-order valence-electron chi connectivity index (χ2n) is 7.83. The first-order valence-electron chi connectivity index (χ1n) is 10.9. The largest absolute Gasteiger partial charge is 0.497 e. The van der Waals surface area contributed by atoms with Crippen molar-refractivity contribution in [3.05, 3.63) is 71.9 Å². The zero-order valence-corrected chi connectivity index (χ0v) is 21.1. The lowest BCUT2D eigenvalue weighted by molar-refractivity contribution is 0.245. The first-order valence-corrected chi connectivity index (χ1v) is 10.9. The Morgan fingerprint density at radius 1 is 1.09 bits per heavy atom. The Hall–Kier alpha value is -2.39. The molecule has 32 heavy (non-hydrogen) atoms. The monoisotopic (exact) mass is 545 g/mol. The number of likely N-dealkylation sites (tertiary alicyclic amines) is 1. The van der Waals surface area contributed by atoms with E-state index in [-0.39, 0.29) is 30.0 Å². The molecule has 1 unspecified atom stereocenters. The number of rotatable bonds is 7. The number of benzene rings is 2. The number of nitrogens with one attached hydrogen (secondary N) is 2. The van der Waals surface area contributed by atoms with Gasteiger partial charge in [0.15, 0.2) is 5.96 Å². The standard InChI is InChI=1S/C25H31N5O.HI/c1-26-25(28-17-20-12-13-27-23-11-4-3-10-22(20)23)29-18-24(30-14-5-6-15-30)19-8-7-9-21(16-19)31-2;/h3-4,7-13,16,24H,5-6,14-15,17-18H2,1-2H3,(H2,26,28,29);1H. The van der Waals surface area contributed by atoms with E-state index >= 15 is 0 Å². The average Bonchev–Trinajstić information content (AvgIpc) is 3.36. The van der Waals surface area contributed by atoms with Crippen LogP contribution in [0.2, 0.25) is 0 Å². The van der Waals surface area contributed by atoms with Gasteiger partial charge in [0.2, 0.25) is 0 Å². The number of aromatic nitrogens is 1. The summed E-state index contributed by atoms with van der Waals surface area (Å²) in [5, 5.41) is 8.17. The molecule has 0 aliphatic carbocycles. The van der Waals surface area contributed by atoms with Crippen LogP contribution >= 0.6 is 24.0 Å². The lowest BCUT2D eigenvalue weighted by atomic mass is 10.1. The van der Waals surface area contributed by atoms with Crippen molar-refractivity contribution in [2.45, 2.75) is 25.4 Å². The minimum atomic E-state index is 0. The summed E-state index contributed by atoms with van der Waals surface area (Å²) in [6.45, 7) is 3.72. The summed E-state index contributed by atoms with van der Waals surface area (Å²) in [6, 6.07) is 19.0. The van der Waals surface area contributed by atoms with E-state index in [2.05, 4.69) is 61.9 Å². The summed E-state index contributed by atoms with van der Waals surface area (Å²) in [4.78, 5) is 11.4. The highest BCUT2D eigenvalue weighted by atomic mass is 127. The number of halogens is 1. The van der Waals surface area contributed by atoms with Crippen molar-refractivity contribution in [1.29, 1.82) is 0 Å². The van der Waals surface area contributed by atoms with Crippen LogP contribution in [-0.4, -0.2) is 49.6 Å². The van der Waals surface area contributed by atoms with Crippen LogP contribution < -0.4 is 15.4 Å². The SMILES string of the molecule is CN=C(NCc1ccnc2ccccc12)NCC(c1cccc(OC)c1)N1CCCC1.I. The molecule has 2 aromatic carbocycles. The van der Waals surface area contributed by atoms with E-state index in [4.69, 9.17) is 4.74 Å². The van der Waals surface area contributed by atoms with Gasteiger partial charge in [-0.25, -0.2) is 0 Å². The van der Waals surface area contributed by atoms with Gasteiger partial charge in [0.1, 0.15) is 5.75 Å². The number of ether oxygens (including phenoxy) is 1. The number of pyridine rings is 1. The number of para-hydroxylation sites is 1. The van der Waals surface area contributed by atoms with Gasteiger partial charge in [0.05, 0.1) is 18.7 Å². The summed E-state index contributed by atoms with van der Waals surface area (Å²) in [6.07, 6.45) is 4.37. The summed E-state index contributed by atoms with van der Waals surface area (Å²) in [5.74, 6) is 1.70. The predicted molar refractivity (Wildman–Crippen MR) is 142 cm³/mol. The van der Waals surface area contributed by atoms with Gasteiger partial charge in [-0.05, 0) is 61.3 Å². The first-order chi connectivity index (χ1) is 15.3. The van der Waals surface area contributed by atoms with Gasteiger partial charge in [-0.15, -0.1) is 24.0 Å². The highest BCUT2D eigenvalue weighted by Gasteiger charge is 2.24. The molecule has 2 heterocycles. The Kier molecular flexibility index (Phi) is 9.11. The molecule has 0 bridgehead atoms. The second-order valence-corrected chi connectivity index (χ2v) is 7.83. The maximum absolute atomic E-state index is 5.46. The Bertz CT molecular complexity index is 1030. The third kappa shape index (κ3) is 5.89. The molecule has 1 fully saturated rings. The van der Waals surface area contributed by atoms with Crippen molar-refractivity contribution in [3.63, 3.8) is 0 Å². The normalized spacial score (nSPS) is 15.2. The van der Waals surface area contributed by atoms with E-state index in [1.807, 2.05) is 31.4 Å². The number of methoxy groups -OCH3 is 1. The first kappa shape index (κ1) is 24.3. The van der Waals surface area contributed by atoms with E-state index in [9.17, 15) is 0 Å². The smallest absolute Gasteiger partial charge is 0.191 e. The molecule has 0 amide bonds. The average molecular weight is 545 g/mol. The van der Waals surface area contributed by atoms with E-state index in [1.54, 1.807) is 7.11 Å². The van der Waals surface area contributed by atoms with Crippen molar-refractivity contribution in [2.75, 3.05) is 33.8 Å². The van der Waals surface area contributed by atoms with Gasteiger partial charge in [-0.2, -0.15) is 0 Å². The number of nitrogens with zero attached hydrogens (tertiary/aromatic N) is 3. The molecule has 1 aliphatic rings. The fraction of sp³-hybridized carbons (Fsp3) is 0.360. The van der Waals surface area contributed by atoms with Crippen LogP contribution in [0.25, 0.3) is 10.9 Å². The van der Waals surface area contributed by atoms with E-state index in [0.29, 0.717) is 6.54 Å². The second kappa shape index (κ2) is 12.0. The van der Waals surface area contributed by atoms with Crippen molar-refractivity contribution in [1.82, 2.24) is 20.5 Å². The minimum Gasteiger partial charge on any atom is -0.497 e. The molecule has 3 aromatic rings. The number of hydrogen-bond acceptors (Lipinski definition) is 4. The Balaban J connectivity index is 0.00000289. The summed E-state index contributed by atoms with van der Waals surface area (Å²) in [5.41, 5.74) is 3.48. The van der Waals surface area contributed by atoms with Crippen LogP contribution in [-0.2, 0) is 6.54 Å². The van der Waals surface area contributed by atoms with Crippen molar-refractivity contribution >= 4 is 40.8 Å². The fourth-order valence-electron chi connectivity index (χ4n) is 4.26. The number of aliphatic imine (C=N–C) groups is 1. The molecule has 7 heteroatoms. The lowest BCUT2D eigenvalue weighted by Crippen LogP contribution is -2.42. The molecule has 170 valence electrons. The molecule has 1 aromatic heterocycles. The van der Waals surface area contributed by atoms with E-state index < -0.39 is 0 Å². The van der Waals surface area contributed by atoms with Crippen LogP contribution in [0.15, 0.2) is 65.8 Å². The molecular formula is C25H32IN5O. The lowest BCUT2D eigenvalue weighted by Gasteiger charge is -2.29. The zero-order valence-electron chi connectivity index (χ0n) is 18.8. The maximum Gasteiger partial charge on any atom is 0.191 e. The molecule has 0 spiro atoms. The molecule has 2 N–H and O–H groups in total. The third-order valence-corrected chi connectivity index (χ3v) is 5.93. The van der Waals surface area contributed by atoms with Gasteiger partial charge in [0.25, 0.3) is 0 Å². The minimum absolute atomic E-state index is 0. The van der Waals surface area contributed by atoms with Crippen LogP contribution in [0.4, 0.5) is 0 Å². The molecular weight excluding hydrogens is 513 g/mol. The van der Waals surface area contributed by atoms with Crippen molar-refractivity contribution < 1.29 is 4.74 Å². The van der Waals surface area contributed by atoms with Gasteiger partial charge in [0, 0.05) is 31.7 Å². The van der Waals surface area contributed by atoms with Crippen LogP contribution in [0.5, 0.6) is 5.75 Å². The third-order valence-electron chi connectivity index (χ3n) is 5.93. The van der Waals surface area contributed by atoms with Crippen LogP contribution in [0, 0.1) is 0 Å². The van der Waals surface area contributed by atoms with Crippen LogP contribution in [0.3, 0.4) is 0 Å². The summed E-state index contributed by atoms with van der Waals surface area (Å²) < 4.78 is 5.46. The van der Waals surface area contributed by atoms with Gasteiger partial charge in [-0.1, -0.05) is 30.3 Å². The topological polar surface area (TPSA) is 61.8 Å². The number of guanidine groups is 1. The van der Waals surface area contributed by atoms with Crippen molar-refractivity contribution in [2.24, 2.45) is 4.99 Å². The molecule has 0 radical (unpaired) electrons. The molecule has 1 atom stereocenters. The van der Waals surface area contributed by atoms with Gasteiger partial charge in [-0.3, -0.25) is 14.9 Å². The highest BCUT2D eigenvalue weighted by Crippen LogP contribution is 2.27. The highest BCUT2D eigenvalue weighted by molar-refractivity contribution is 14.0. The Morgan fingerprint density at radius 2 is 1.91 bits per heavy atom. The zero-order chi connectivity index (χ0) is 21.5. The van der Waals surface area contributed by atoms with E-state index in [1.165, 1.54) is 29.4 Å². The van der Waals surface area contributed by atoms with E-state index in [0.717, 1.165) is 36.9 Å². The molecule has 6 nitrogen and oxygen atoms in total. The fourth-order valence-corrected chi connectivity index (χ4v) is 4.26.